The fraction of sp³-hybridized carbons (Fsp3) is 0.286. The van der Waals surface area contributed by atoms with Crippen molar-refractivity contribution in [3.63, 3.8) is 0 Å². The first-order valence-corrected chi connectivity index (χ1v) is 13.4. The molecule has 0 spiro atoms. The molecule has 3 aromatic carbocycles. The van der Waals surface area contributed by atoms with Crippen LogP contribution in [0.2, 0.25) is 10.0 Å². The van der Waals surface area contributed by atoms with Crippen LogP contribution in [0.4, 0.5) is 0 Å². The quantitative estimate of drug-likeness (QED) is 0.197. The Kier molecular flexibility index (Phi) is 6.00. The van der Waals surface area contributed by atoms with Crippen LogP contribution in [0.1, 0.15) is 26.9 Å². The summed E-state index contributed by atoms with van der Waals surface area (Å²) in [6.07, 6.45) is -6.34. The first-order chi connectivity index (χ1) is 19.7. The van der Waals surface area contributed by atoms with E-state index in [0.717, 1.165) is 0 Å². The van der Waals surface area contributed by atoms with Crippen molar-refractivity contribution in [1.29, 1.82) is 0 Å². The van der Waals surface area contributed by atoms with E-state index in [4.69, 9.17) is 37.4 Å². The number of fused-ring (bicyclic) bond motifs is 10. The number of imide groups is 1. The van der Waals surface area contributed by atoms with Crippen LogP contribution in [0.3, 0.4) is 0 Å². The van der Waals surface area contributed by atoms with E-state index in [2.05, 4.69) is 10.3 Å². The number of hydrogen-bond donors (Lipinski definition) is 5. The molecule has 2 aliphatic heterocycles. The summed E-state index contributed by atoms with van der Waals surface area (Å²) >= 11 is 13.4. The number of amides is 2. The third-order valence-corrected chi connectivity index (χ3v) is 8.68. The van der Waals surface area contributed by atoms with Gasteiger partial charge in [-0.2, -0.15) is 0 Å². The monoisotopic (exact) mass is 599 g/mol. The third kappa shape index (κ3) is 3.45. The summed E-state index contributed by atoms with van der Waals surface area (Å²) < 4.78 is 18.6. The predicted molar refractivity (Wildman–Crippen MR) is 151 cm³/mol. The van der Waals surface area contributed by atoms with E-state index >= 15 is 0 Å². The van der Waals surface area contributed by atoms with E-state index < -0.39 is 49.1 Å². The van der Waals surface area contributed by atoms with Gasteiger partial charge in [-0.1, -0.05) is 35.3 Å². The fourth-order valence-electron chi connectivity index (χ4n) is 6.36. The molecule has 5 N–H and O–H groups in total. The number of carbonyl (C=O) groups is 2. The van der Waals surface area contributed by atoms with Crippen LogP contribution in [0, 0.1) is 0 Å². The zero-order valence-electron chi connectivity index (χ0n) is 21.6. The van der Waals surface area contributed by atoms with Crippen molar-refractivity contribution >= 4 is 78.6 Å². The fourth-order valence-corrected chi connectivity index (χ4v) is 6.89. The number of para-hydroxylation sites is 1. The minimum absolute atomic E-state index is 0.116. The normalized spacial score (nSPS) is 24.6. The van der Waals surface area contributed by atoms with Crippen LogP contribution in [-0.4, -0.2) is 81.9 Å². The van der Waals surface area contributed by atoms with E-state index in [1.807, 2.05) is 0 Å². The van der Waals surface area contributed by atoms with Gasteiger partial charge in [0.25, 0.3) is 11.8 Å². The zero-order chi connectivity index (χ0) is 28.9. The van der Waals surface area contributed by atoms with Crippen molar-refractivity contribution in [2.45, 2.75) is 30.6 Å². The second-order valence-corrected chi connectivity index (χ2v) is 10.9. The average molecular weight is 600 g/mol. The number of ether oxygens (including phenoxy) is 3. The topological polar surface area (TPSA) is 155 Å². The van der Waals surface area contributed by atoms with E-state index in [0.29, 0.717) is 54.4 Å². The Morgan fingerprint density at radius 3 is 2.37 bits per heavy atom. The van der Waals surface area contributed by atoms with Gasteiger partial charge in [0.2, 0.25) is 0 Å². The lowest BCUT2D eigenvalue weighted by atomic mass is 9.96. The molecule has 11 nitrogen and oxygen atoms in total. The second kappa shape index (κ2) is 9.30. The molecule has 5 aromatic rings. The van der Waals surface area contributed by atoms with Crippen molar-refractivity contribution in [1.82, 2.24) is 14.9 Å². The first-order valence-electron chi connectivity index (χ1n) is 12.7. The summed E-state index contributed by atoms with van der Waals surface area (Å²) in [6, 6.07) is 8.45. The molecule has 0 aliphatic carbocycles. The van der Waals surface area contributed by atoms with Crippen LogP contribution in [0.5, 0.6) is 5.75 Å². The second-order valence-electron chi connectivity index (χ2n) is 10.1. The minimum atomic E-state index is -1.55. The van der Waals surface area contributed by atoms with Crippen molar-refractivity contribution in [3.05, 3.63) is 51.5 Å². The molecule has 2 aromatic heterocycles. The van der Waals surface area contributed by atoms with Gasteiger partial charge in [-0.15, -0.1) is 0 Å². The van der Waals surface area contributed by atoms with Gasteiger partial charge in [-0.05, 0) is 12.1 Å². The molecule has 5 atom stereocenters. The number of benzene rings is 3. The largest absolute Gasteiger partial charge is 0.497 e. The molecule has 0 radical (unpaired) electrons. The zero-order valence-corrected chi connectivity index (χ0v) is 23.1. The third-order valence-electron chi connectivity index (χ3n) is 8.08. The SMILES string of the molecule is COc1cc(Cl)c2c(c1)c1c3c(c4c5cccc(Cl)c5[nH]c4c1n2C1OC(CO)C(OC)C(O)C1O)C(=O)NC3=O. The van der Waals surface area contributed by atoms with Gasteiger partial charge in [0.1, 0.15) is 30.2 Å². The van der Waals surface area contributed by atoms with E-state index in [9.17, 15) is 24.9 Å². The highest BCUT2D eigenvalue weighted by atomic mass is 35.5. The van der Waals surface area contributed by atoms with Crippen LogP contribution in [0.25, 0.3) is 43.6 Å². The summed E-state index contributed by atoms with van der Waals surface area (Å²) in [5.41, 5.74) is 1.96. The summed E-state index contributed by atoms with van der Waals surface area (Å²) in [5.74, 6) is -0.790. The summed E-state index contributed by atoms with van der Waals surface area (Å²) in [7, 11) is 2.81. The van der Waals surface area contributed by atoms with Crippen molar-refractivity contribution in [2.24, 2.45) is 0 Å². The molecule has 0 saturated carbocycles. The molecule has 1 fully saturated rings. The number of halogens is 2. The van der Waals surface area contributed by atoms with Gasteiger partial charge in [-0.3, -0.25) is 14.9 Å². The Bertz CT molecular complexity index is 1950. The highest BCUT2D eigenvalue weighted by Gasteiger charge is 2.47. The van der Waals surface area contributed by atoms with E-state index in [1.165, 1.54) is 14.2 Å². The smallest absolute Gasteiger partial charge is 0.259 e. The number of nitrogens with one attached hydrogen (secondary N) is 2. The lowest BCUT2D eigenvalue weighted by Gasteiger charge is -2.42. The molecule has 212 valence electrons. The number of aromatic nitrogens is 2. The lowest BCUT2D eigenvalue weighted by Crippen LogP contribution is -2.57. The summed E-state index contributed by atoms with van der Waals surface area (Å²) in [5, 5.41) is 37.3. The number of H-pyrrole nitrogens is 1. The minimum Gasteiger partial charge on any atom is -0.497 e. The summed E-state index contributed by atoms with van der Waals surface area (Å²) in [6.45, 7) is -0.513. The molecular formula is C28H23Cl2N3O8. The predicted octanol–water partition coefficient (Wildman–Crippen LogP) is 3.25. The van der Waals surface area contributed by atoms with Gasteiger partial charge >= 0.3 is 0 Å². The number of aliphatic hydroxyl groups excluding tert-OH is 3. The lowest BCUT2D eigenvalue weighted by molar-refractivity contribution is -0.255. The number of aromatic amines is 1. The summed E-state index contributed by atoms with van der Waals surface area (Å²) in [4.78, 5) is 30.0. The van der Waals surface area contributed by atoms with Crippen molar-refractivity contribution in [2.75, 3.05) is 20.8 Å². The molecule has 2 aliphatic rings. The molecule has 41 heavy (non-hydrogen) atoms. The van der Waals surface area contributed by atoms with Gasteiger partial charge < -0.3 is 39.1 Å². The maximum absolute atomic E-state index is 13.4. The van der Waals surface area contributed by atoms with Crippen LogP contribution in [-0.2, 0) is 9.47 Å². The standard InChI is InChI=1S/C28H23Cl2N3O8/c1-39-9-6-11-16-18-17(26(37)32-27(18)38)15-10-4-3-5-12(29)19(10)31-20(15)22(16)33(21(11)13(30)7-9)28-24(36)23(35)25(40-2)14(8-34)41-28/h3-7,14,23-25,28,31,34-36H,8H2,1-2H3,(H,32,37,38). The number of rotatable bonds is 4. The number of hydrogen-bond acceptors (Lipinski definition) is 8. The van der Waals surface area contributed by atoms with Gasteiger partial charge in [0.15, 0.2) is 6.23 Å². The Balaban J connectivity index is 1.73. The number of carbonyl (C=O) groups excluding carboxylic acids is 2. The molecule has 1 saturated heterocycles. The molecule has 5 unspecified atom stereocenters. The molecular weight excluding hydrogens is 577 g/mol. The van der Waals surface area contributed by atoms with Gasteiger partial charge in [0.05, 0.1) is 57.0 Å². The maximum atomic E-state index is 13.4. The number of aliphatic hydroxyl groups is 3. The molecule has 13 heteroatoms. The Morgan fingerprint density at radius 2 is 1.68 bits per heavy atom. The van der Waals surface area contributed by atoms with Crippen LogP contribution in [0.15, 0.2) is 30.3 Å². The van der Waals surface area contributed by atoms with Crippen LogP contribution >= 0.6 is 23.2 Å². The Morgan fingerprint density at radius 1 is 0.951 bits per heavy atom. The molecule has 2 amide bonds. The first kappa shape index (κ1) is 26.5. The highest BCUT2D eigenvalue weighted by molar-refractivity contribution is 6.43. The maximum Gasteiger partial charge on any atom is 0.259 e. The van der Waals surface area contributed by atoms with E-state index in [-0.39, 0.29) is 16.1 Å². The molecule has 4 heterocycles. The van der Waals surface area contributed by atoms with Gasteiger partial charge in [-0.25, -0.2) is 0 Å². The molecule has 0 bridgehead atoms. The van der Waals surface area contributed by atoms with E-state index in [1.54, 1.807) is 34.9 Å². The van der Waals surface area contributed by atoms with Crippen molar-refractivity contribution < 1.29 is 39.1 Å². The van der Waals surface area contributed by atoms with Crippen molar-refractivity contribution in [3.8, 4) is 5.75 Å². The Hall–Kier alpha value is -3.42. The Labute approximate surface area is 241 Å². The van der Waals surface area contributed by atoms with Gasteiger partial charge in [0, 0.05) is 34.7 Å². The van der Waals surface area contributed by atoms with Crippen LogP contribution < -0.4 is 10.1 Å². The molecule has 7 rings (SSSR count). The average Bonchev–Trinajstić information content (AvgIpc) is 3.60. The highest BCUT2D eigenvalue weighted by Crippen LogP contribution is 2.48. The number of methoxy groups -OCH3 is 2. The number of nitrogens with zero attached hydrogens (tertiary/aromatic N) is 1.